The molecule has 0 saturated carbocycles. The second-order valence-corrected chi connectivity index (χ2v) is 8.62. The van der Waals surface area contributed by atoms with E-state index >= 15 is 0 Å². The molecule has 0 fully saturated rings. The van der Waals surface area contributed by atoms with Gasteiger partial charge in [-0.3, -0.25) is 5.32 Å². The molecule has 5 heteroatoms. The number of thiophene rings is 1. The maximum atomic E-state index is 12.1. The number of nitrogens with one attached hydrogen (secondary N) is 1. The normalized spacial score (nSPS) is 14.2. The average Bonchev–Trinajstić information content (AvgIpc) is 2.96. The van der Waals surface area contributed by atoms with E-state index in [1.807, 2.05) is 46.0 Å². The van der Waals surface area contributed by atoms with Crippen LogP contribution >= 0.6 is 11.3 Å². The van der Waals surface area contributed by atoms with E-state index in [4.69, 9.17) is 4.74 Å². The molecule has 0 bridgehead atoms. The molecular weight excluding hydrogens is 332 g/mol. The highest BCUT2D eigenvalue weighted by atomic mass is 32.1. The minimum atomic E-state index is -0.502. The molecular formula is C20H26N2O2S. The molecule has 134 valence electrons. The number of hydrogen-bond acceptors (Lipinski definition) is 4. The molecule has 3 rings (SSSR count). The lowest BCUT2D eigenvalue weighted by Gasteiger charge is -2.30. The monoisotopic (exact) mass is 358 g/mol. The quantitative estimate of drug-likeness (QED) is 0.794. The number of ether oxygens (including phenoxy) is 1. The number of aryl methyl sites for hydroxylation is 2. The first-order valence-corrected chi connectivity index (χ1v) is 9.52. The third-order valence-corrected chi connectivity index (χ3v) is 5.34. The summed E-state index contributed by atoms with van der Waals surface area (Å²) in [5.41, 5.74) is 5.09. The lowest BCUT2D eigenvalue weighted by molar-refractivity contribution is 0.0635. The minimum Gasteiger partial charge on any atom is -0.444 e. The van der Waals surface area contributed by atoms with Gasteiger partial charge in [-0.25, -0.2) is 4.79 Å². The van der Waals surface area contributed by atoms with Gasteiger partial charge in [-0.15, -0.1) is 11.3 Å². The molecule has 2 aromatic rings. The van der Waals surface area contributed by atoms with Crippen molar-refractivity contribution in [1.29, 1.82) is 0 Å². The molecule has 4 nitrogen and oxygen atoms in total. The van der Waals surface area contributed by atoms with E-state index in [1.165, 1.54) is 16.1 Å². The maximum Gasteiger partial charge on any atom is 0.412 e. The highest BCUT2D eigenvalue weighted by Gasteiger charge is 2.20. The van der Waals surface area contributed by atoms with Crippen LogP contribution in [0.2, 0.25) is 0 Å². The molecule has 0 radical (unpaired) electrons. The lowest BCUT2D eigenvalue weighted by atomic mass is 10.0. The first-order valence-electron chi connectivity index (χ1n) is 8.64. The Hall–Kier alpha value is -2.01. The first kappa shape index (κ1) is 17.8. The second-order valence-electron chi connectivity index (χ2n) is 7.62. The van der Waals surface area contributed by atoms with Crippen LogP contribution in [0.25, 0.3) is 0 Å². The highest BCUT2D eigenvalue weighted by Crippen LogP contribution is 2.32. The van der Waals surface area contributed by atoms with Crippen LogP contribution in [0.5, 0.6) is 0 Å². The molecule has 1 aliphatic heterocycles. The number of fused-ring (bicyclic) bond motifs is 1. The fourth-order valence-electron chi connectivity index (χ4n) is 3.19. The molecule has 1 N–H and O–H groups in total. The van der Waals surface area contributed by atoms with E-state index in [0.717, 1.165) is 36.3 Å². The fraction of sp³-hybridized carbons (Fsp3) is 0.450. The lowest BCUT2D eigenvalue weighted by Crippen LogP contribution is -2.30. The minimum absolute atomic E-state index is 0.410. The number of anilines is 2. The molecule has 1 aromatic carbocycles. The Morgan fingerprint density at radius 3 is 2.56 bits per heavy atom. The molecule has 1 aromatic heterocycles. The van der Waals surface area contributed by atoms with Gasteiger partial charge in [0.15, 0.2) is 0 Å². The van der Waals surface area contributed by atoms with Crippen LogP contribution < -0.4 is 10.2 Å². The topological polar surface area (TPSA) is 41.6 Å². The van der Waals surface area contributed by atoms with Gasteiger partial charge < -0.3 is 9.64 Å². The Labute approximate surface area is 153 Å². The number of hydrogen-bond donors (Lipinski definition) is 1. The number of carbonyl (C=O) groups excluding carboxylic acids is 1. The summed E-state index contributed by atoms with van der Waals surface area (Å²) in [5.74, 6) is 0. The predicted molar refractivity (Wildman–Crippen MR) is 105 cm³/mol. The van der Waals surface area contributed by atoms with Crippen molar-refractivity contribution < 1.29 is 9.53 Å². The Balaban J connectivity index is 1.78. The van der Waals surface area contributed by atoms with E-state index in [2.05, 4.69) is 33.8 Å². The van der Waals surface area contributed by atoms with Crippen LogP contribution in [0.15, 0.2) is 23.6 Å². The third kappa shape index (κ3) is 4.15. The Morgan fingerprint density at radius 1 is 1.24 bits per heavy atom. The standard InChI is InChI=1S/C20H26N2O2S/c1-13-10-16(22-8-6-17-15(12-22)7-9-25-17)11-14(2)18(13)21-19(23)24-20(3,4)5/h7,9-11H,6,8,12H2,1-5H3,(H,21,23). The van der Waals surface area contributed by atoms with E-state index in [-0.39, 0.29) is 0 Å². The summed E-state index contributed by atoms with van der Waals surface area (Å²) >= 11 is 1.85. The van der Waals surface area contributed by atoms with E-state index in [0.29, 0.717) is 0 Å². The number of amides is 1. The molecule has 0 unspecified atom stereocenters. The zero-order valence-corrected chi connectivity index (χ0v) is 16.4. The zero-order valence-electron chi connectivity index (χ0n) is 15.6. The Bertz CT molecular complexity index is 766. The van der Waals surface area contributed by atoms with Gasteiger partial charge in [-0.2, -0.15) is 0 Å². The van der Waals surface area contributed by atoms with Crippen molar-refractivity contribution in [2.75, 3.05) is 16.8 Å². The molecule has 1 aliphatic rings. The van der Waals surface area contributed by atoms with Crippen LogP contribution in [-0.2, 0) is 17.7 Å². The molecule has 1 amide bonds. The Morgan fingerprint density at radius 2 is 1.92 bits per heavy atom. The molecule has 0 aliphatic carbocycles. The van der Waals surface area contributed by atoms with Crippen molar-refractivity contribution in [3.05, 3.63) is 45.1 Å². The summed E-state index contributed by atoms with van der Waals surface area (Å²) in [4.78, 5) is 16.0. The van der Waals surface area contributed by atoms with Crippen LogP contribution in [0.4, 0.5) is 16.2 Å². The maximum absolute atomic E-state index is 12.1. The van der Waals surface area contributed by atoms with Gasteiger partial charge in [0.1, 0.15) is 5.60 Å². The summed E-state index contributed by atoms with van der Waals surface area (Å²) < 4.78 is 5.37. The number of rotatable bonds is 2. The molecule has 0 atom stereocenters. The van der Waals surface area contributed by atoms with Crippen LogP contribution in [-0.4, -0.2) is 18.2 Å². The zero-order chi connectivity index (χ0) is 18.2. The fourth-order valence-corrected chi connectivity index (χ4v) is 4.08. The van der Waals surface area contributed by atoms with E-state index in [9.17, 15) is 4.79 Å². The molecule has 2 heterocycles. The van der Waals surface area contributed by atoms with Crippen molar-refractivity contribution >= 4 is 28.8 Å². The van der Waals surface area contributed by atoms with E-state index in [1.54, 1.807) is 0 Å². The van der Waals surface area contributed by atoms with Gasteiger partial charge in [-0.1, -0.05) is 0 Å². The second kappa shape index (κ2) is 6.71. The van der Waals surface area contributed by atoms with Gasteiger partial charge in [0.05, 0.1) is 0 Å². The first-order chi connectivity index (χ1) is 11.7. The largest absolute Gasteiger partial charge is 0.444 e. The summed E-state index contributed by atoms with van der Waals surface area (Å²) in [5, 5.41) is 5.08. The van der Waals surface area contributed by atoms with Gasteiger partial charge in [-0.05, 0) is 81.3 Å². The van der Waals surface area contributed by atoms with Crippen LogP contribution in [0.1, 0.15) is 42.3 Å². The number of carbonyl (C=O) groups is 1. The predicted octanol–water partition coefficient (Wildman–Crippen LogP) is 5.27. The van der Waals surface area contributed by atoms with Crippen molar-refractivity contribution in [1.82, 2.24) is 0 Å². The van der Waals surface area contributed by atoms with Gasteiger partial charge >= 0.3 is 6.09 Å². The third-order valence-electron chi connectivity index (χ3n) is 4.32. The molecule has 0 saturated heterocycles. The van der Waals surface area contributed by atoms with Crippen LogP contribution in [0.3, 0.4) is 0 Å². The van der Waals surface area contributed by atoms with Gasteiger partial charge in [0.25, 0.3) is 0 Å². The van der Waals surface area contributed by atoms with Crippen molar-refractivity contribution in [2.45, 2.75) is 53.2 Å². The Kier molecular flexibility index (Phi) is 4.78. The highest BCUT2D eigenvalue weighted by molar-refractivity contribution is 7.10. The van der Waals surface area contributed by atoms with Crippen molar-refractivity contribution in [3.63, 3.8) is 0 Å². The van der Waals surface area contributed by atoms with E-state index < -0.39 is 11.7 Å². The summed E-state index contributed by atoms with van der Waals surface area (Å²) in [7, 11) is 0. The summed E-state index contributed by atoms with van der Waals surface area (Å²) in [6.45, 7) is 11.6. The number of nitrogens with zero attached hydrogens (tertiary/aromatic N) is 1. The number of benzene rings is 1. The SMILES string of the molecule is Cc1cc(N2CCc3sccc3C2)cc(C)c1NC(=O)OC(C)(C)C. The van der Waals surface area contributed by atoms with Crippen LogP contribution in [0, 0.1) is 13.8 Å². The summed E-state index contributed by atoms with van der Waals surface area (Å²) in [6.07, 6.45) is 0.690. The average molecular weight is 359 g/mol. The van der Waals surface area contributed by atoms with Crippen molar-refractivity contribution in [2.24, 2.45) is 0 Å². The molecule has 0 spiro atoms. The summed E-state index contributed by atoms with van der Waals surface area (Å²) in [6, 6.07) is 6.53. The van der Waals surface area contributed by atoms with Crippen molar-refractivity contribution in [3.8, 4) is 0 Å². The van der Waals surface area contributed by atoms with Gasteiger partial charge in [0.2, 0.25) is 0 Å². The smallest absolute Gasteiger partial charge is 0.412 e. The molecule has 25 heavy (non-hydrogen) atoms. The van der Waals surface area contributed by atoms with Gasteiger partial charge in [0, 0.05) is 29.3 Å².